The number of hydrogen-bond donors (Lipinski definition) is 0. The van der Waals surface area contributed by atoms with Gasteiger partial charge in [-0.25, -0.2) is 4.79 Å². The summed E-state index contributed by atoms with van der Waals surface area (Å²) in [5.74, 6) is -0.353. The molecule has 2 aromatic rings. The molecule has 0 saturated heterocycles. The number of aryl methyl sites for hydroxylation is 3. The average Bonchev–Trinajstić information content (AvgIpc) is 2.55. The molecule has 0 aliphatic rings. The second kappa shape index (κ2) is 7.73. The predicted molar refractivity (Wildman–Crippen MR) is 91.0 cm³/mol. The molecule has 0 aliphatic carbocycles. The van der Waals surface area contributed by atoms with Crippen molar-refractivity contribution in [2.75, 3.05) is 6.61 Å². The number of Topliss-reactive ketones (excluding diaryl/α,β-unsaturated/α-hetero) is 1. The van der Waals surface area contributed by atoms with E-state index in [2.05, 4.69) is 25.1 Å². The van der Waals surface area contributed by atoms with Gasteiger partial charge in [0.2, 0.25) is 0 Å². The van der Waals surface area contributed by atoms with E-state index in [9.17, 15) is 9.59 Å². The molecule has 3 heteroatoms. The molecular formula is C20H22O3. The highest BCUT2D eigenvalue weighted by Crippen LogP contribution is 2.15. The maximum atomic E-state index is 12.4. The van der Waals surface area contributed by atoms with Crippen molar-refractivity contribution in [2.24, 2.45) is 0 Å². The fraction of sp³-hybridized carbons (Fsp3) is 0.300. The summed E-state index contributed by atoms with van der Waals surface area (Å²) >= 11 is 0. The van der Waals surface area contributed by atoms with Crippen LogP contribution in [0.5, 0.6) is 0 Å². The fourth-order valence-corrected chi connectivity index (χ4v) is 2.50. The Morgan fingerprint density at radius 2 is 1.74 bits per heavy atom. The van der Waals surface area contributed by atoms with E-state index in [1.807, 2.05) is 6.92 Å². The molecule has 0 amide bonds. The molecule has 120 valence electrons. The summed E-state index contributed by atoms with van der Waals surface area (Å²) in [6.45, 7) is 6.19. The molecule has 0 atom stereocenters. The Morgan fingerprint density at radius 1 is 1.00 bits per heavy atom. The van der Waals surface area contributed by atoms with Gasteiger partial charge in [-0.05, 0) is 50.5 Å². The van der Waals surface area contributed by atoms with Crippen LogP contribution >= 0.6 is 0 Å². The zero-order chi connectivity index (χ0) is 16.8. The lowest BCUT2D eigenvalue weighted by Gasteiger charge is -2.08. The standard InChI is InChI=1S/C20H22O3/c1-4-23-20(22)18-7-5-6-17(13-18)19(21)11-10-16-12-14(2)8-9-15(16)3/h5-9,12-13H,4,10-11H2,1-3H3. The molecule has 0 aromatic heterocycles. The second-order valence-electron chi connectivity index (χ2n) is 5.65. The van der Waals surface area contributed by atoms with Crippen molar-refractivity contribution >= 4 is 11.8 Å². The Labute approximate surface area is 137 Å². The number of benzene rings is 2. The van der Waals surface area contributed by atoms with Gasteiger partial charge in [-0.15, -0.1) is 0 Å². The average molecular weight is 310 g/mol. The molecule has 3 nitrogen and oxygen atoms in total. The summed E-state index contributed by atoms with van der Waals surface area (Å²) < 4.78 is 4.97. The summed E-state index contributed by atoms with van der Waals surface area (Å²) in [4.78, 5) is 24.1. The van der Waals surface area contributed by atoms with Crippen LogP contribution in [-0.2, 0) is 11.2 Å². The largest absolute Gasteiger partial charge is 0.462 e. The van der Waals surface area contributed by atoms with Crippen LogP contribution in [0.4, 0.5) is 0 Å². The Morgan fingerprint density at radius 3 is 2.48 bits per heavy atom. The lowest BCUT2D eigenvalue weighted by molar-refractivity contribution is 0.0526. The van der Waals surface area contributed by atoms with Crippen LogP contribution in [0.1, 0.15) is 50.8 Å². The molecule has 0 spiro atoms. The maximum Gasteiger partial charge on any atom is 0.338 e. The minimum absolute atomic E-state index is 0.0389. The third-order valence-corrected chi connectivity index (χ3v) is 3.82. The third-order valence-electron chi connectivity index (χ3n) is 3.82. The van der Waals surface area contributed by atoms with Gasteiger partial charge in [0, 0.05) is 12.0 Å². The van der Waals surface area contributed by atoms with Crippen molar-refractivity contribution in [2.45, 2.75) is 33.6 Å². The number of ketones is 1. The molecule has 0 N–H and O–H groups in total. The van der Waals surface area contributed by atoms with E-state index in [-0.39, 0.29) is 5.78 Å². The van der Waals surface area contributed by atoms with Crippen LogP contribution in [0, 0.1) is 13.8 Å². The van der Waals surface area contributed by atoms with Crippen molar-refractivity contribution in [3.63, 3.8) is 0 Å². The zero-order valence-corrected chi connectivity index (χ0v) is 13.9. The first-order valence-electron chi connectivity index (χ1n) is 7.87. The van der Waals surface area contributed by atoms with E-state index in [0.717, 1.165) is 0 Å². The van der Waals surface area contributed by atoms with E-state index in [4.69, 9.17) is 4.74 Å². The highest BCUT2D eigenvalue weighted by Gasteiger charge is 2.12. The quantitative estimate of drug-likeness (QED) is 0.590. The van der Waals surface area contributed by atoms with Crippen molar-refractivity contribution < 1.29 is 14.3 Å². The minimum atomic E-state index is -0.392. The Kier molecular flexibility index (Phi) is 5.69. The van der Waals surface area contributed by atoms with Crippen LogP contribution in [0.25, 0.3) is 0 Å². The first kappa shape index (κ1) is 16.9. The predicted octanol–water partition coefficient (Wildman–Crippen LogP) is 4.30. The molecule has 0 unspecified atom stereocenters. The highest BCUT2D eigenvalue weighted by atomic mass is 16.5. The van der Waals surface area contributed by atoms with Gasteiger partial charge in [0.05, 0.1) is 12.2 Å². The van der Waals surface area contributed by atoms with Gasteiger partial charge in [-0.1, -0.05) is 35.9 Å². The Balaban J connectivity index is 2.07. The molecule has 0 aliphatic heterocycles. The van der Waals surface area contributed by atoms with Gasteiger partial charge >= 0.3 is 5.97 Å². The van der Waals surface area contributed by atoms with Crippen LogP contribution in [0.2, 0.25) is 0 Å². The lowest BCUT2D eigenvalue weighted by atomic mass is 9.97. The van der Waals surface area contributed by atoms with E-state index < -0.39 is 5.97 Å². The van der Waals surface area contributed by atoms with Gasteiger partial charge in [-0.3, -0.25) is 4.79 Å². The molecule has 0 bridgehead atoms. The number of rotatable bonds is 6. The van der Waals surface area contributed by atoms with Gasteiger partial charge in [-0.2, -0.15) is 0 Å². The van der Waals surface area contributed by atoms with Crippen molar-refractivity contribution in [1.82, 2.24) is 0 Å². The first-order chi connectivity index (χ1) is 11.0. The molecule has 0 saturated carbocycles. The Bertz CT molecular complexity index is 717. The summed E-state index contributed by atoms with van der Waals surface area (Å²) in [5, 5.41) is 0. The first-order valence-corrected chi connectivity index (χ1v) is 7.87. The van der Waals surface area contributed by atoms with Crippen molar-refractivity contribution in [1.29, 1.82) is 0 Å². The molecule has 2 aromatic carbocycles. The lowest BCUT2D eigenvalue weighted by Crippen LogP contribution is -2.07. The maximum absolute atomic E-state index is 12.4. The van der Waals surface area contributed by atoms with Crippen molar-refractivity contribution in [3.05, 3.63) is 70.3 Å². The number of carbonyl (C=O) groups excluding carboxylic acids is 2. The summed E-state index contributed by atoms with van der Waals surface area (Å²) in [6, 6.07) is 13.0. The van der Waals surface area contributed by atoms with Gasteiger partial charge in [0.15, 0.2) is 5.78 Å². The monoisotopic (exact) mass is 310 g/mol. The smallest absolute Gasteiger partial charge is 0.338 e. The number of ether oxygens (including phenoxy) is 1. The molecular weight excluding hydrogens is 288 g/mol. The van der Waals surface area contributed by atoms with E-state index in [1.54, 1.807) is 31.2 Å². The third kappa shape index (κ3) is 4.52. The van der Waals surface area contributed by atoms with Gasteiger partial charge in [0.25, 0.3) is 0 Å². The Hall–Kier alpha value is -2.42. The molecule has 0 fully saturated rings. The highest BCUT2D eigenvalue weighted by molar-refractivity contribution is 5.99. The number of esters is 1. The fourth-order valence-electron chi connectivity index (χ4n) is 2.50. The molecule has 0 radical (unpaired) electrons. The van der Waals surface area contributed by atoms with Crippen LogP contribution in [0.15, 0.2) is 42.5 Å². The molecule has 2 rings (SSSR count). The summed E-state index contributed by atoms with van der Waals surface area (Å²) in [7, 11) is 0. The van der Waals surface area contributed by atoms with E-state index in [1.165, 1.54) is 16.7 Å². The van der Waals surface area contributed by atoms with Gasteiger partial charge in [0.1, 0.15) is 0 Å². The molecule has 0 heterocycles. The van der Waals surface area contributed by atoms with E-state index >= 15 is 0 Å². The SMILES string of the molecule is CCOC(=O)c1cccc(C(=O)CCc2cc(C)ccc2C)c1. The summed E-state index contributed by atoms with van der Waals surface area (Å²) in [6.07, 6.45) is 1.13. The van der Waals surface area contributed by atoms with Gasteiger partial charge < -0.3 is 4.74 Å². The second-order valence-corrected chi connectivity index (χ2v) is 5.65. The minimum Gasteiger partial charge on any atom is -0.462 e. The van der Waals surface area contributed by atoms with Crippen LogP contribution < -0.4 is 0 Å². The van der Waals surface area contributed by atoms with Crippen molar-refractivity contribution in [3.8, 4) is 0 Å². The summed E-state index contributed by atoms with van der Waals surface area (Å²) in [5.41, 5.74) is 4.57. The normalized spacial score (nSPS) is 10.4. The van der Waals surface area contributed by atoms with Crippen LogP contribution in [0.3, 0.4) is 0 Å². The number of hydrogen-bond acceptors (Lipinski definition) is 3. The molecule has 23 heavy (non-hydrogen) atoms. The zero-order valence-electron chi connectivity index (χ0n) is 13.9. The number of carbonyl (C=O) groups is 2. The topological polar surface area (TPSA) is 43.4 Å². The van der Waals surface area contributed by atoms with E-state index in [0.29, 0.717) is 30.6 Å². The van der Waals surface area contributed by atoms with Crippen LogP contribution in [-0.4, -0.2) is 18.4 Å².